The van der Waals surface area contributed by atoms with E-state index in [0.29, 0.717) is 0 Å². The minimum absolute atomic E-state index is 0.654. The van der Waals surface area contributed by atoms with Gasteiger partial charge in [-0.3, -0.25) is 0 Å². The highest BCUT2D eigenvalue weighted by molar-refractivity contribution is 5.87. The largest absolute Gasteiger partial charge is 0.466 e. The monoisotopic (exact) mass is 266 g/mol. The van der Waals surface area contributed by atoms with Crippen LogP contribution in [0.5, 0.6) is 0 Å². The van der Waals surface area contributed by atoms with Crippen LogP contribution < -0.4 is 0 Å². The third kappa shape index (κ3) is 2.02. The summed E-state index contributed by atoms with van der Waals surface area (Å²) in [6, 6.07) is 14.2. The molecule has 0 spiro atoms. The summed E-state index contributed by atoms with van der Waals surface area (Å²) < 4.78 is 5.55. The van der Waals surface area contributed by atoms with E-state index in [1.165, 1.54) is 0 Å². The van der Waals surface area contributed by atoms with Crippen LogP contribution in [0.15, 0.2) is 46.9 Å². The lowest BCUT2D eigenvalue weighted by Crippen LogP contribution is -2.03. The molecule has 0 radical (unpaired) electrons. The Bertz CT molecular complexity index is 768. The summed E-state index contributed by atoms with van der Waals surface area (Å²) in [6.07, 6.45) is -0.654. The molecule has 1 aromatic heterocycles. The molecule has 102 valence electrons. The normalized spacial score (nSPS) is 12.8. The van der Waals surface area contributed by atoms with Crippen LogP contribution in [0, 0.1) is 20.8 Å². The van der Waals surface area contributed by atoms with E-state index < -0.39 is 6.10 Å². The Labute approximate surface area is 118 Å². The van der Waals surface area contributed by atoms with Gasteiger partial charge in [-0.25, -0.2) is 0 Å². The van der Waals surface area contributed by atoms with Crippen LogP contribution in [-0.2, 0) is 0 Å². The summed E-state index contributed by atoms with van der Waals surface area (Å²) in [5.41, 5.74) is 2.91. The molecule has 3 aromatic rings. The molecule has 2 nitrogen and oxygen atoms in total. The molecule has 1 N–H and O–H groups in total. The van der Waals surface area contributed by atoms with Crippen molar-refractivity contribution in [3.63, 3.8) is 0 Å². The van der Waals surface area contributed by atoms with E-state index in [-0.39, 0.29) is 0 Å². The van der Waals surface area contributed by atoms with E-state index in [0.717, 1.165) is 39.0 Å². The van der Waals surface area contributed by atoms with Crippen LogP contribution in [0.3, 0.4) is 0 Å². The Morgan fingerprint density at radius 1 is 1.00 bits per heavy atom. The zero-order valence-corrected chi connectivity index (χ0v) is 12.0. The fourth-order valence-electron chi connectivity index (χ4n) is 2.85. The van der Waals surface area contributed by atoms with Crippen molar-refractivity contribution in [3.05, 3.63) is 70.7 Å². The van der Waals surface area contributed by atoms with Gasteiger partial charge in [0.2, 0.25) is 0 Å². The highest BCUT2D eigenvalue weighted by Crippen LogP contribution is 2.34. The second-order valence-corrected chi connectivity index (χ2v) is 5.29. The van der Waals surface area contributed by atoms with Crippen LogP contribution in [0.25, 0.3) is 10.8 Å². The molecular weight excluding hydrogens is 248 g/mol. The van der Waals surface area contributed by atoms with Gasteiger partial charge in [0.05, 0.1) is 0 Å². The lowest BCUT2D eigenvalue weighted by molar-refractivity contribution is 0.219. The summed E-state index contributed by atoms with van der Waals surface area (Å²) in [4.78, 5) is 0. The first-order valence-corrected chi connectivity index (χ1v) is 6.81. The number of furan rings is 1. The highest BCUT2D eigenvalue weighted by atomic mass is 16.3. The van der Waals surface area contributed by atoms with E-state index in [9.17, 15) is 5.11 Å². The zero-order valence-electron chi connectivity index (χ0n) is 12.0. The number of fused-ring (bicyclic) bond motifs is 1. The van der Waals surface area contributed by atoms with E-state index in [1.54, 1.807) is 0 Å². The topological polar surface area (TPSA) is 33.4 Å². The molecule has 2 aromatic carbocycles. The summed E-state index contributed by atoms with van der Waals surface area (Å²) in [5, 5.41) is 13.0. The van der Waals surface area contributed by atoms with E-state index in [1.807, 2.05) is 39.0 Å². The van der Waals surface area contributed by atoms with Gasteiger partial charge in [0.1, 0.15) is 17.6 Å². The fourth-order valence-corrected chi connectivity index (χ4v) is 2.85. The molecule has 0 saturated carbocycles. The Hall–Kier alpha value is -2.06. The lowest BCUT2D eigenvalue weighted by atomic mass is 9.92. The van der Waals surface area contributed by atoms with Crippen LogP contribution in [0.1, 0.15) is 34.3 Å². The number of hydrogen-bond acceptors (Lipinski definition) is 2. The average Bonchev–Trinajstić information content (AvgIpc) is 2.77. The van der Waals surface area contributed by atoms with Crippen molar-refractivity contribution in [3.8, 4) is 0 Å². The molecule has 20 heavy (non-hydrogen) atoms. The molecule has 3 rings (SSSR count). The number of rotatable bonds is 2. The minimum Gasteiger partial charge on any atom is -0.466 e. The number of benzene rings is 2. The van der Waals surface area contributed by atoms with Crippen molar-refractivity contribution in [1.82, 2.24) is 0 Å². The van der Waals surface area contributed by atoms with Crippen molar-refractivity contribution < 1.29 is 9.52 Å². The molecular formula is C18H18O2. The Kier molecular flexibility index (Phi) is 3.11. The van der Waals surface area contributed by atoms with Crippen molar-refractivity contribution in [2.75, 3.05) is 0 Å². The highest BCUT2D eigenvalue weighted by Gasteiger charge is 2.20. The number of aryl methyl sites for hydroxylation is 3. The molecule has 1 unspecified atom stereocenters. The Morgan fingerprint density at radius 3 is 2.45 bits per heavy atom. The first-order chi connectivity index (χ1) is 9.58. The average molecular weight is 266 g/mol. The van der Waals surface area contributed by atoms with Crippen LogP contribution in [-0.4, -0.2) is 5.11 Å². The van der Waals surface area contributed by atoms with Gasteiger partial charge in [-0.05, 0) is 48.7 Å². The maximum absolute atomic E-state index is 10.8. The van der Waals surface area contributed by atoms with Crippen LogP contribution in [0.4, 0.5) is 0 Å². The molecule has 0 bridgehead atoms. The SMILES string of the molecule is Cc1cc(C(O)c2c(C)ccc3ccccc23)c(C)o1. The Balaban J connectivity index is 2.23. The third-order valence-corrected chi connectivity index (χ3v) is 3.84. The molecule has 1 heterocycles. The predicted molar refractivity (Wildman–Crippen MR) is 80.9 cm³/mol. The molecule has 0 aliphatic rings. The van der Waals surface area contributed by atoms with Gasteiger partial charge in [-0.1, -0.05) is 36.4 Å². The second kappa shape index (κ2) is 4.80. The molecule has 2 heteroatoms. The summed E-state index contributed by atoms with van der Waals surface area (Å²) in [6.45, 7) is 5.83. The molecule has 0 amide bonds. The molecule has 0 aliphatic carbocycles. The van der Waals surface area contributed by atoms with Gasteiger partial charge < -0.3 is 9.52 Å². The van der Waals surface area contributed by atoms with Gasteiger partial charge in [0.15, 0.2) is 0 Å². The first-order valence-electron chi connectivity index (χ1n) is 6.81. The number of hydrogen-bond donors (Lipinski definition) is 1. The van der Waals surface area contributed by atoms with Gasteiger partial charge in [-0.2, -0.15) is 0 Å². The van der Waals surface area contributed by atoms with Crippen molar-refractivity contribution in [2.24, 2.45) is 0 Å². The quantitative estimate of drug-likeness (QED) is 0.744. The summed E-state index contributed by atoms with van der Waals surface area (Å²) >= 11 is 0. The second-order valence-electron chi connectivity index (χ2n) is 5.29. The van der Waals surface area contributed by atoms with Crippen LogP contribution in [0.2, 0.25) is 0 Å². The zero-order chi connectivity index (χ0) is 14.3. The van der Waals surface area contributed by atoms with Gasteiger partial charge in [0.25, 0.3) is 0 Å². The molecule has 0 aliphatic heterocycles. The predicted octanol–water partition coefficient (Wildman–Crippen LogP) is 4.44. The number of aliphatic hydroxyl groups excluding tert-OH is 1. The van der Waals surface area contributed by atoms with E-state index in [4.69, 9.17) is 4.42 Å². The van der Waals surface area contributed by atoms with E-state index >= 15 is 0 Å². The minimum atomic E-state index is -0.654. The van der Waals surface area contributed by atoms with Gasteiger partial charge >= 0.3 is 0 Å². The summed E-state index contributed by atoms with van der Waals surface area (Å²) in [5.74, 6) is 1.61. The van der Waals surface area contributed by atoms with Crippen molar-refractivity contribution in [2.45, 2.75) is 26.9 Å². The first kappa shape index (κ1) is 12.9. The van der Waals surface area contributed by atoms with Crippen LogP contribution >= 0.6 is 0 Å². The summed E-state index contributed by atoms with van der Waals surface area (Å²) in [7, 11) is 0. The molecule has 1 atom stereocenters. The van der Waals surface area contributed by atoms with Gasteiger partial charge in [-0.15, -0.1) is 0 Å². The van der Waals surface area contributed by atoms with E-state index in [2.05, 4.69) is 24.3 Å². The molecule has 0 saturated heterocycles. The van der Waals surface area contributed by atoms with Crippen molar-refractivity contribution >= 4 is 10.8 Å². The molecule has 0 fully saturated rings. The number of aliphatic hydroxyl groups is 1. The maximum Gasteiger partial charge on any atom is 0.108 e. The lowest BCUT2D eigenvalue weighted by Gasteiger charge is -2.16. The maximum atomic E-state index is 10.8. The standard InChI is InChI=1S/C18H18O2/c1-11-8-9-14-6-4-5-7-15(14)17(11)18(19)16-10-12(2)20-13(16)3/h4-10,18-19H,1-3H3. The van der Waals surface area contributed by atoms with Crippen molar-refractivity contribution in [1.29, 1.82) is 0 Å². The van der Waals surface area contributed by atoms with Gasteiger partial charge in [0, 0.05) is 5.56 Å². The third-order valence-electron chi connectivity index (χ3n) is 3.84. The fraction of sp³-hybridized carbons (Fsp3) is 0.222. The Morgan fingerprint density at radius 2 is 1.75 bits per heavy atom. The smallest absolute Gasteiger partial charge is 0.108 e.